The van der Waals surface area contributed by atoms with Crippen molar-refractivity contribution >= 4 is 30.0 Å². The van der Waals surface area contributed by atoms with E-state index in [1.54, 1.807) is 0 Å². The van der Waals surface area contributed by atoms with Gasteiger partial charge in [-0.25, -0.2) is 0 Å². The second-order valence-corrected chi connectivity index (χ2v) is 6.53. The molecular weight excluding hydrogens is 350 g/mol. The zero-order chi connectivity index (χ0) is 20.2. The molecule has 29 heavy (non-hydrogen) atoms. The quantitative estimate of drug-likeness (QED) is 0.294. The summed E-state index contributed by atoms with van der Waals surface area (Å²) in [7, 11) is 0. The lowest BCUT2D eigenvalue weighted by molar-refractivity contribution is 1.63. The molecule has 4 rings (SSSR count). The summed E-state index contributed by atoms with van der Waals surface area (Å²) in [6.07, 6.45) is 8.33. The predicted molar refractivity (Wildman–Crippen MR) is 128 cm³/mol. The summed E-state index contributed by atoms with van der Waals surface area (Å²) >= 11 is 0. The summed E-state index contributed by atoms with van der Waals surface area (Å²) in [4.78, 5) is 0. The van der Waals surface area contributed by atoms with Crippen LogP contribution in [0.1, 0.15) is 22.3 Å². The lowest BCUT2D eigenvalue weighted by atomic mass is 10.1. The van der Waals surface area contributed by atoms with Gasteiger partial charge in [-0.05, 0) is 28.3 Å². The number of hydrogen-bond acceptors (Lipinski definition) is 1. The van der Waals surface area contributed by atoms with E-state index < -0.39 is 0 Å². The van der Waals surface area contributed by atoms with E-state index >= 15 is 0 Å². The highest BCUT2D eigenvalue weighted by Gasteiger charge is 1.91. The number of anilines is 1. The Kier molecular flexibility index (Phi) is 7.62. The van der Waals surface area contributed by atoms with Gasteiger partial charge >= 0.3 is 0 Å². The highest BCUT2D eigenvalue weighted by Crippen LogP contribution is 2.14. The lowest BCUT2D eigenvalue weighted by Crippen LogP contribution is -1.87. The van der Waals surface area contributed by atoms with E-state index in [0.29, 0.717) is 0 Å². The smallest absolute Gasteiger partial charge is 0.0387 e. The molecule has 0 unspecified atom stereocenters. The zero-order valence-corrected chi connectivity index (χ0v) is 16.4. The van der Waals surface area contributed by atoms with Crippen molar-refractivity contribution in [3.8, 4) is 0 Å². The first-order chi connectivity index (χ1) is 14.3. The van der Waals surface area contributed by atoms with Crippen LogP contribution < -0.4 is 5.73 Å². The number of nitrogens with two attached hydrogens (primary N) is 1. The summed E-state index contributed by atoms with van der Waals surface area (Å²) < 4.78 is 0. The highest BCUT2D eigenvalue weighted by molar-refractivity contribution is 5.75. The Morgan fingerprint density at radius 1 is 0.379 bits per heavy atom. The second kappa shape index (κ2) is 11.1. The van der Waals surface area contributed by atoms with E-state index in [2.05, 4.69) is 54.6 Å². The van der Waals surface area contributed by atoms with Crippen molar-refractivity contribution in [2.75, 3.05) is 5.73 Å². The summed E-state index contributed by atoms with van der Waals surface area (Å²) in [6.45, 7) is 0. The van der Waals surface area contributed by atoms with Crippen LogP contribution in [-0.2, 0) is 0 Å². The predicted octanol–water partition coefficient (Wildman–Crippen LogP) is 7.30. The Bertz CT molecular complexity index is 992. The maximum atomic E-state index is 5.83. The largest absolute Gasteiger partial charge is 0.398 e. The van der Waals surface area contributed by atoms with Gasteiger partial charge < -0.3 is 5.73 Å². The van der Waals surface area contributed by atoms with Crippen LogP contribution in [0.4, 0.5) is 5.69 Å². The van der Waals surface area contributed by atoms with E-state index in [9.17, 15) is 0 Å². The second-order valence-electron chi connectivity index (χ2n) is 6.53. The summed E-state index contributed by atoms with van der Waals surface area (Å²) in [5.74, 6) is 0. The lowest BCUT2D eigenvalue weighted by Gasteiger charge is -1.98. The molecule has 0 atom stereocenters. The van der Waals surface area contributed by atoms with Crippen molar-refractivity contribution in [3.63, 3.8) is 0 Å². The normalized spacial score (nSPS) is 10.6. The number of hydrogen-bond donors (Lipinski definition) is 1. The summed E-state index contributed by atoms with van der Waals surface area (Å²) in [5.41, 5.74) is 11.3. The fourth-order valence-electron chi connectivity index (χ4n) is 2.73. The molecule has 4 aromatic rings. The van der Waals surface area contributed by atoms with Gasteiger partial charge in [-0.1, -0.05) is 133 Å². The van der Waals surface area contributed by atoms with Crippen molar-refractivity contribution in [2.45, 2.75) is 0 Å². The van der Waals surface area contributed by atoms with E-state index in [0.717, 1.165) is 11.3 Å². The molecule has 1 heteroatoms. The van der Waals surface area contributed by atoms with E-state index in [-0.39, 0.29) is 0 Å². The summed E-state index contributed by atoms with van der Waals surface area (Å²) in [6, 6.07) is 38.7. The molecule has 2 N–H and O–H groups in total. The SMILES string of the molecule is C(=Cc1ccccc1)c1ccccc1.Nc1ccccc1C=Cc1ccccc1. The van der Waals surface area contributed by atoms with Crippen LogP contribution >= 0.6 is 0 Å². The first-order valence-corrected chi connectivity index (χ1v) is 9.67. The van der Waals surface area contributed by atoms with E-state index in [1.807, 2.05) is 84.9 Å². The average Bonchev–Trinajstić information content (AvgIpc) is 2.80. The molecule has 0 saturated carbocycles. The highest BCUT2D eigenvalue weighted by atomic mass is 14.5. The molecule has 0 bridgehead atoms. The van der Waals surface area contributed by atoms with E-state index in [1.165, 1.54) is 16.7 Å². The molecule has 4 aromatic carbocycles. The molecule has 0 aromatic heterocycles. The van der Waals surface area contributed by atoms with Gasteiger partial charge in [-0.3, -0.25) is 0 Å². The molecule has 0 amide bonds. The molecule has 142 valence electrons. The molecule has 0 spiro atoms. The first-order valence-electron chi connectivity index (χ1n) is 9.67. The number of nitrogen functional groups attached to an aromatic ring is 1. The molecular formula is C28H25N. The average molecular weight is 376 g/mol. The van der Waals surface area contributed by atoms with Gasteiger partial charge in [0.15, 0.2) is 0 Å². The molecule has 0 aliphatic heterocycles. The Morgan fingerprint density at radius 3 is 1.14 bits per heavy atom. The van der Waals surface area contributed by atoms with Crippen LogP contribution in [0.3, 0.4) is 0 Å². The van der Waals surface area contributed by atoms with Gasteiger partial charge in [0.25, 0.3) is 0 Å². The first kappa shape index (κ1) is 19.9. The van der Waals surface area contributed by atoms with Crippen molar-refractivity contribution in [2.24, 2.45) is 0 Å². The van der Waals surface area contributed by atoms with Crippen molar-refractivity contribution < 1.29 is 0 Å². The van der Waals surface area contributed by atoms with Gasteiger partial charge in [0.1, 0.15) is 0 Å². The third kappa shape index (κ3) is 7.00. The Balaban J connectivity index is 0.000000166. The molecule has 0 saturated heterocycles. The van der Waals surface area contributed by atoms with Crippen molar-refractivity contribution in [1.82, 2.24) is 0 Å². The summed E-state index contributed by atoms with van der Waals surface area (Å²) in [5, 5.41) is 0. The van der Waals surface area contributed by atoms with Gasteiger partial charge in [0.2, 0.25) is 0 Å². The Labute approximate surface area is 173 Å². The van der Waals surface area contributed by atoms with Crippen LogP contribution in [0, 0.1) is 0 Å². The van der Waals surface area contributed by atoms with Gasteiger partial charge in [-0.2, -0.15) is 0 Å². The topological polar surface area (TPSA) is 26.0 Å². The molecule has 0 aliphatic carbocycles. The standard InChI is InChI=1S/C14H13N.C14H12/c15-14-9-5-4-8-13(14)11-10-12-6-2-1-3-7-12;1-3-7-13(8-4-1)11-12-14-9-5-2-6-10-14/h1-11H,15H2;1-12H. The monoisotopic (exact) mass is 375 g/mol. The van der Waals surface area contributed by atoms with E-state index in [4.69, 9.17) is 5.73 Å². The number of rotatable bonds is 4. The minimum Gasteiger partial charge on any atom is -0.398 e. The van der Waals surface area contributed by atoms with Crippen LogP contribution in [0.25, 0.3) is 24.3 Å². The molecule has 0 fully saturated rings. The molecule has 0 radical (unpaired) electrons. The van der Waals surface area contributed by atoms with Gasteiger partial charge in [-0.15, -0.1) is 0 Å². The van der Waals surface area contributed by atoms with Crippen LogP contribution in [0.2, 0.25) is 0 Å². The third-order valence-corrected chi connectivity index (χ3v) is 4.32. The Hall–Kier alpha value is -3.84. The minimum absolute atomic E-state index is 0.810. The zero-order valence-electron chi connectivity index (χ0n) is 16.4. The molecule has 0 heterocycles. The molecule has 1 nitrogen and oxygen atoms in total. The van der Waals surface area contributed by atoms with Gasteiger partial charge in [0.05, 0.1) is 0 Å². The molecule has 0 aliphatic rings. The minimum atomic E-state index is 0.810. The van der Waals surface area contributed by atoms with Crippen LogP contribution in [0.5, 0.6) is 0 Å². The van der Waals surface area contributed by atoms with Crippen LogP contribution in [-0.4, -0.2) is 0 Å². The number of para-hydroxylation sites is 1. The van der Waals surface area contributed by atoms with Crippen molar-refractivity contribution in [1.29, 1.82) is 0 Å². The maximum absolute atomic E-state index is 5.83. The van der Waals surface area contributed by atoms with Crippen molar-refractivity contribution in [3.05, 3.63) is 138 Å². The fraction of sp³-hybridized carbons (Fsp3) is 0. The van der Waals surface area contributed by atoms with Crippen LogP contribution in [0.15, 0.2) is 115 Å². The maximum Gasteiger partial charge on any atom is 0.0387 e. The number of benzene rings is 4. The van der Waals surface area contributed by atoms with Gasteiger partial charge in [0, 0.05) is 5.69 Å². The Morgan fingerprint density at radius 2 is 0.724 bits per heavy atom. The third-order valence-electron chi connectivity index (χ3n) is 4.32. The fourth-order valence-corrected chi connectivity index (χ4v) is 2.73.